The SMILES string of the molecule is CN=C(N)/C=C1/C=C(c2c(SC)c(F)cc3[nH]ncc23)C=CN1. The van der Waals surface area contributed by atoms with E-state index in [0.717, 1.165) is 22.2 Å². The number of aliphatic imine (C=N–C) groups is 1. The average Bonchev–Trinajstić information content (AvgIpc) is 3.01. The molecule has 0 saturated heterocycles. The smallest absolute Gasteiger partial charge is 0.139 e. The minimum absolute atomic E-state index is 0.266. The number of hydrogen-bond donors (Lipinski definition) is 3. The van der Waals surface area contributed by atoms with Crippen LogP contribution in [0.15, 0.2) is 52.3 Å². The van der Waals surface area contributed by atoms with Crippen LogP contribution in [0.4, 0.5) is 4.39 Å². The highest BCUT2D eigenvalue weighted by atomic mass is 32.2. The Bertz CT molecular complexity index is 876. The molecule has 1 aliphatic rings. The lowest BCUT2D eigenvalue weighted by Crippen LogP contribution is -2.14. The largest absolute Gasteiger partial charge is 0.384 e. The number of allylic oxidation sites excluding steroid dienone is 3. The Hall–Kier alpha value is -2.54. The third-order valence-electron chi connectivity index (χ3n) is 3.53. The highest BCUT2D eigenvalue weighted by molar-refractivity contribution is 7.98. The topological polar surface area (TPSA) is 79.1 Å². The minimum Gasteiger partial charge on any atom is -0.384 e. The van der Waals surface area contributed by atoms with Crippen LogP contribution in [0.3, 0.4) is 0 Å². The number of thioether (sulfide) groups is 1. The van der Waals surface area contributed by atoms with Crippen molar-refractivity contribution in [2.45, 2.75) is 4.90 Å². The molecule has 0 atom stereocenters. The van der Waals surface area contributed by atoms with Gasteiger partial charge in [0.2, 0.25) is 0 Å². The molecule has 2 heterocycles. The summed E-state index contributed by atoms with van der Waals surface area (Å²) in [5.41, 5.74) is 8.90. The van der Waals surface area contributed by atoms with Gasteiger partial charge in [0, 0.05) is 42.0 Å². The second kappa shape index (κ2) is 6.29. The molecule has 1 aromatic carbocycles. The molecule has 4 N–H and O–H groups in total. The average molecular weight is 329 g/mol. The fraction of sp³-hybridized carbons (Fsp3) is 0.125. The predicted octanol–water partition coefficient (Wildman–Crippen LogP) is 2.80. The van der Waals surface area contributed by atoms with Gasteiger partial charge in [-0.25, -0.2) is 4.39 Å². The van der Waals surface area contributed by atoms with Crippen LogP contribution < -0.4 is 11.1 Å². The van der Waals surface area contributed by atoms with Crippen molar-refractivity contribution < 1.29 is 4.39 Å². The molecule has 0 aliphatic carbocycles. The van der Waals surface area contributed by atoms with E-state index in [0.29, 0.717) is 16.2 Å². The number of nitrogens with two attached hydrogens (primary N) is 1. The summed E-state index contributed by atoms with van der Waals surface area (Å²) in [6.07, 6.45) is 10.9. The molecule has 0 saturated carbocycles. The molecular formula is C16H16FN5S. The number of amidine groups is 1. The lowest BCUT2D eigenvalue weighted by atomic mass is 9.99. The van der Waals surface area contributed by atoms with Gasteiger partial charge in [-0.1, -0.05) is 0 Å². The van der Waals surface area contributed by atoms with Crippen LogP contribution in [0, 0.1) is 5.82 Å². The number of aromatic amines is 1. The molecule has 0 fully saturated rings. The summed E-state index contributed by atoms with van der Waals surface area (Å²) in [6, 6.07) is 1.47. The number of halogens is 1. The summed E-state index contributed by atoms with van der Waals surface area (Å²) in [6.45, 7) is 0. The first-order chi connectivity index (χ1) is 11.1. The van der Waals surface area contributed by atoms with Crippen molar-refractivity contribution >= 4 is 34.1 Å². The number of fused-ring (bicyclic) bond motifs is 1. The molecule has 0 unspecified atom stereocenters. The van der Waals surface area contributed by atoms with Crippen molar-refractivity contribution in [2.75, 3.05) is 13.3 Å². The van der Waals surface area contributed by atoms with Gasteiger partial charge in [0.05, 0.1) is 16.6 Å². The number of benzene rings is 1. The normalized spacial score (nSPS) is 16.7. The Balaban J connectivity index is 2.21. The Labute approximate surface area is 137 Å². The number of H-pyrrole nitrogens is 1. The van der Waals surface area contributed by atoms with Crippen LogP contribution in [0.2, 0.25) is 0 Å². The molecule has 5 nitrogen and oxygen atoms in total. The first kappa shape index (κ1) is 15.4. The maximum Gasteiger partial charge on any atom is 0.139 e. The molecule has 0 bridgehead atoms. The zero-order valence-corrected chi connectivity index (χ0v) is 13.5. The standard InChI is InChI=1S/C16H16FN5S/c1-19-14(18)6-10-5-9(3-4-20-10)15-11-8-21-22-13(11)7-12(17)16(15)23-2/h3-8,20H,1-2H3,(H2,18,19)(H,21,22)/b10-6-. The second-order valence-corrected chi connectivity index (χ2v) is 5.74. The first-order valence-electron chi connectivity index (χ1n) is 6.92. The summed E-state index contributed by atoms with van der Waals surface area (Å²) < 4.78 is 14.4. The van der Waals surface area contributed by atoms with Gasteiger partial charge in [-0.2, -0.15) is 5.10 Å². The number of nitrogens with one attached hydrogen (secondary N) is 2. The van der Waals surface area contributed by atoms with Crippen molar-refractivity contribution in [2.24, 2.45) is 10.7 Å². The van der Waals surface area contributed by atoms with E-state index in [1.807, 2.05) is 18.4 Å². The number of rotatable bonds is 3. The Morgan fingerprint density at radius 2 is 2.30 bits per heavy atom. The third-order valence-corrected chi connectivity index (χ3v) is 4.34. The third kappa shape index (κ3) is 2.87. The quantitative estimate of drug-likeness (QED) is 0.460. The van der Waals surface area contributed by atoms with Gasteiger partial charge < -0.3 is 11.1 Å². The molecule has 7 heteroatoms. The summed E-state index contributed by atoms with van der Waals surface area (Å²) >= 11 is 1.37. The zero-order chi connectivity index (χ0) is 16.4. The van der Waals surface area contributed by atoms with E-state index < -0.39 is 0 Å². The van der Waals surface area contributed by atoms with Crippen molar-refractivity contribution in [1.82, 2.24) is 15.5 Å². The maximum absolute atomic E-state index is 14.4. The summed E-state index contributed by atoms with van der Waals surface area (Å²) in [5, 5.41) is 10.8. The summed E-state index contributed by atoms with van der Waals surface area (Å²) in [7, 11) is 1.63. The molecule has 1 aliphatic heterocycles. The number of hydrogen-bond acceptors (Lipinski definition) is 4. The number of dihydropyridines is 1. The van der Waals surface area contributed by atoms with Crippen LogP contribution in [-0.2, 0) is 0 Å². The monoisotopic (exact) mass is 329 g/mol. The highest BCUT2D eigenvalue weighted by Crippen LogP contribution is 2.36. The molecule has 0 spiro atoms. The number of aromatic nitrogens is 2. The molecule has 3 rings (SSSR count). The number of nitrogens with zero attached hydrogens (tertiary/aromatic N) is 2. The molecule has 118 valence electrons. The predicted molar refractivity (Wildman–Crippen MR) is 93.7 cm³/mol. The Morgan fingerprint density at radius 3 is 3.04 bits per heavy atom. The molecule has 2 aromatic rings. The van der Waals surface area contributed by atoms with Crippen molar-refractivity contribution in [3.05, 3.63) is 53.8 Å². The van der Waals surface area contributed by atoms with Gasteiger partial charge >= 0.3 is 0 Å². The fourth-order valence-electron chi connectivity index (χ4n) is 2.47. The van der Waals surface area contributed by atoms with E-state index >= 15 is 0 Å². The van der Waals surface area contributed by atoms with Gasteiger partial charge in [0.15, 0.2) is 0 Å². The molecular weight excluding hydrogens is 313 g/mol. The summed E-state index contributed by atoms with van der Waals surface area (Å²) in [4.78, 5) is 4.51. The maximum atomic E-state index is 14.4. The van der Waals surface area contributed by atoms with E-state index in [-0.39, 0.29) is 5.82 Å². The van der Waals surface area contributed by atoms with E-state index in [1.54, 1.807) is 25.5 Å². The van der Waals surface area contributed by atoms with Crippen LogP contribution >= 0.6 is 11.8 Å². The highest BCUT2D eigenvalue weighted by Gasteiger charge is 2.18. The summed E-state index contributed by atoms with van der Waals surface area (Å²) in [5.74, 6) is 0.147. The first-order valence-corrected chi connectivity index (χ1v) is 8.15. The van der Waals surface area contributed by atoms with Gasteiger partial charge in [0.1, 0.15) is 11.7 Å². The fourth-order valence-corrected chi connectivity index (χ4v) is 3.16. The Kier molecular flexibility index (Phi) is 4.20. The second-order valence-electron chi connectivity index (χ2n) is 4.92. The lowest BCUT2D eigenvalue weighted by molar-refractivity contribution is 0.603. The van der Waals surface area contributed by atoms with Crippen LogP contribution in [0.5, 0.6) is 0 Å². The van der Waals surface area contributed by atoms with Gasteiger partial charge in [-0.3, -0.25) is 10.1 Å². The molecule has 23 heavy (non-hydrogen) atoms. The lowest BCUT2D eigenvalue weighted by Gasteiger charge is -2.16. The van der Waals surface area contributed by atoms with Crippen molar-refractivity contribution in [3.8, 4) is 0 Å². The van der Waals surface area contributed by atoms with E-state index in [1.165, 1.54) is 17.8 Å². The van der Waals surface area contributed by atoms with Crippen molar-refractivity contribution in [3.63, 3.8) is 0 Å². The van der Waals surface area contributed by atoms with Gasteiger partial charge in [0.25, 0.3) is 0 Å². The van der Waals surface area contributed by atoms with Crippen LogP contribution in [0.1, 0.15) is 5.56 Å². The van der Waals surface area contributed by atoms with E-state index in [4.69, 9.17) is 5.73 Å². The molecule has 0 radical (unpaired) electrons. The molecule has 1 aromatic heterocycles. The molecule has 0 amide bonds. The van der Waals surface area contributed by atoms with Crippen molar-refractivity contribution in [1.29, 1.82) is 0 Å². The van der Waals surface area contributed by atoms with E-state index in [9.17, 15) is 4.39 Å². The Morgan fingerprint density at radius 1 is 1.48 bits per heavy atom. The van der Waals surface area contributed by atoms with Crippen LogP contribution in [-0.4, -0.2) is 29.3 Å². The minimum atomic E-state index is -0.266. The van der Waals surface area contributed by atoms with Crippen LogP contribution in [0.25, 0.3) is 16.5 Å². The van der Waals surface area contributed by atoms with Gasteiger partial charge in [-0.15, -0.1) is 11.8 Å². The zero-order valence-electron chi connectivity index (χ0n) is 12.7. The van der Waals surface area contributed by atoms with E-state index in [2.05, 4.69) is 20.5 Å². The van der Waals surface area contributed by atoms with Gasteiger partial charge in [-0.05, 0) is 24.0 Å².